The Kier molecular flexibility index (Phi) is 4.27. The average Bonchev–Trinajstić information content (AvgIpc) is 2.61. The Morgan fingerprint density at radius 1 is 1.04 bits per heavy atom. The summed E-state index contributed by atoms with van der Waals surface area (Å²) < 4.78 is 0. The summed E-state index contributed by atoms with van der Waals surface area (Å²) in [7, 11) is 0. The molecular weight excluding hydrogens is 340 g/mol. The first-order valence-electron chi connectivity index (χ1n) is 7.47. The summed E-state index contributed by atoms with van der Waals surface area (Å²) in [6.07, 6.45) is 1.40. The van der Waals surface area contributed by atoms with Gasteiger partial charge in [0.25, 0.3) is 5.69 Å². The number of non-ortho nitro benzene ring substituents is 1. The van der Waals surface area contributed by atoms with Gasteiger partial charge in [-0.05, 0) is 31.2 Å². The van der Waals surface area contributed by atoms with Crippen molar-refractivity contribution < 1.29 is 14.6 Å². The molecule has 0 atom stereocenters. The number of hydrogen-bond donors (Lipinski definition) is 1. The Labute approximate surface area is 146 Å². The molecule has 9 heteroatoms. The quantitative estimate of drug-likeness (QED) is 0.417. The summed E-state index contributed by atoms with van der Waals surface area (Å²) >= 11 is 0. The molecule has 3 rings (SSSR count). The minimum Gasteiger partial charge on any atom is -0.348 e. The van der Waals surface area contributed by atoms with Crippen LogP contribution in [0.5, 0.6) is 0 Å². The molecule has 0 aliphatic heterocycles. The van der Waals surface area contributed by atoms with Crippen molar-refractivity contribution in [1.82, 2.24) is 4.98 Å². The van der Waals surface area contributed by atoms with Gasteiger partial charge < -0.3 is 5.32 Å². The van der Waals surface area contributed by atoms with Crippen LogP contribution in [0.25, 0.3) is 10.9 Å². The summed E-state index contributed by atoms with van der Waals surface area (Å²) in [5.41, 5.74) is 0.107. The molecule has 2 aromatic carbocycles. The molecule has 0 radical (unpaired) electrons. The summed E-state index contributed by atoms with van der Waals surface area (Å²) in [6.45, 7) is 1.41. The van der Waals surface area contributed by atoms with Crippen LogP contribution in [-0.2, 0) is 0 Å². The predicted molar refractivity (Wildman–Crippen MR) is 94.8 cm³/mol. The maximum absolute atomic E-state index is 11.5. The number of hydrogen-bond acceptors (Lipinski definition) is 7. The van der Waals surface area contributed by atoms with Crippen molar-refractivity contribution in [2.24, 2.45) is 0 Å². The van der Waals surface area contributed by atoms with Crippen LogP contribution < -0.4 is 5.32 Å². The number of aromatic nitrogens is 1. The first-order chi connectivity index (χ1) is 12.4. The van der Waals surface area contributed by atoms with Gasteiger partial charge in [-0.2, -0.15) is 0 Å². The molecule has 0 saturated carbocycles. The molecule has 0 fully saturated rings. The van der Waals surface area contributed by atoms with Crippen LogP contribution >= 0.6 is 0 Å². The van der Waals surface area contributed by atoms with E-state index in [1.165, 1.54) is 25.3 Å². The molecule has 0 bridgehead atoms. The highest BCUT2D eigenvalue weighted by Crippen LogP contribution is 2.39. The van der Waals surface area contributed by atoms with Crippen LogP contribution in [0.3, 0.4) is 0 Å². The highest BCUT2D eigenvalue weighted by molar-refractivity contribution is 6.03. The minimum absolute atomic E-state index is 0.0249. The molecule has 1 N–H and O–H groups in total. The van der Waals surface area contributed by atoms with Crippen LogP contribution in [0.2, 0.25) is 0 Å². The molecule has 0 amide bonds. The Morgan fingerprint density at radius 2 is 1.77 bits per heavy atom. The molecule has 0 unspecified atom stereocenters. The fraction of sp³-hybridized carbons (Fsp3) is 0.0588. The summed E-state index contributed by atoms with van der Waals surface area (Å²) in [5.74, 6) is -0.158. The standard InChI is InChI=1S/C17H12N4O5/c1-10(22)11-4-2-5-12(8-11)19-17-15(21(25)26)9-14(20(23)24)13-6-3-7-18-16(13)17/h2-9,19H,1H3. The third-order valence-corrected chi connectivity index (χ3v) is 3.78. The van der Waals surface area contributed by atoms with Gasteiger partial charge in [-0.1, -0.05) is 12.1 Å². The monoisotopic (exact) mass is 352 g/mol. The molecule has 0 aliphatic rings. The van der Waals surface area contributed by atoms with Gasteiger partial charge in [-0.25, -0.2) is 0 Å². The first kappa shape index (κ1) is 17.0. The molecule has 130 valence electrons. The maximum atomic E-state index is 11.5. The van der Waals surface area contributed by atoms with Crippen LogP contribution in [0.15, 0.2) is 48.7 Å². The van der Waals surface area contributed by atoms with Gasteiger partial charge in [0, 0.05) is 17.4 Å². The van der Waals surface area contributed by atoms with E-state index in [0.29, 0.717) is 11.3 Å². The van der Waals surface area contributed by atoms with Crippen molar-refractivity contribution in [3.8, 4) is 0 Å². The zero-order valence-corrected chi connectivity index (χ0v) is 13.5. The van der Waals surface area contributed by atoms with Crippen molar-refractivity contribution in [3.63, 3.8) is 0 Å². The Balaban J connectivity index is 2.25. The Morgan fingerprint density at radius 3 is 2.42 bits per heavy atom. The lowest BCUT2D eigenvalue weighted by molar-refractivity contribution is -0.392. The fourth-order valence-corrected chi connectivity index (χ4v) is 2.59. The summed E-state index contributed by atoms with van der Waals surface area (Å²) in [5, 5.41) is 25.8. The van der Waals surface area contributed by atoms with E-state index in [-0.39, 0.29) is 22.4 Å². The number of nitro groups is 2. The van der Waals surface area contributed by atoms with Gasteiger partial charge >= 0.3 is 5.69 Å². The first-order valence-corrected chi connectivity index (χ1v) is 7.47. The number of nitrogens with zero attached hydrogens (tertiary/aromatic N) is 3. The van der Waals surface area contributed by atoms with Crippen molar-refractivity contribution in [3.05, 3.63) is 74.5 Å². The third kappa shape index (κ3) is 3.05. The van der Waals surface area contributed by atoms with Gasteiger partial charge in [-0.15, -0.1) is 0 Å². The van der Waals surface area contributed by atoms with Crippen molar-refractivity contribution in [2.45, 2.75) is 6.92 Å². The topological polar surface area (TPSA) is 128 Å². The number of rotatable bonds is 5. The number of pyridine rings is 1. The zero-order chi connectivity index (χ0) is 18.8. The molecule has 9 nitrogen and oxygen atoms in total. The van der Waals surface area contributed by atoms with Crippen molar-refractivity contribution in [1.29, 1.82) is 0 Å². The van der Waals surface area contributed by atoms with Crippen molar-refractivity contribution in [2.75, 3.05) is 5.32 Å². The highest BCUT2D eigenvalue weighted by atomic mass is 16.6. The molecule has 0 spiro atoms. The number of nitro benzene ring substituents is 2. The molecular formula is C17H12N4O5. The van der Waals surface area contributed by atoms with E-state index in [1.807, 2.05) is 0 Å². The SMILES string of the molecule is CC(=O)c1cccc(Nc2c([N+](=O)[O-])cc([N+](=O)[O-])c3cccnc23)c1. The van der Waals surface area contributed by atoms with E-state index in [1.54, 1.807) is 24.3 Å². The normalized spacial score (nSPS) is 10.5. The third-order valence-electron chi connectivity index (χ3n) is 3.78. The number of ketones is 1. The second-order valence-corrected chi connectivity index (χ2v) is 5.47. The number of benzene rings is 2. The van der Waals surface area contributed by atoms with Crippen LogP contribution in [0.4, 0.5) is 22.7 Å². The minimum atomic E-state index is -0.710. The van der Waals surface area contributed by atoms with E-state index in [0.717, 1.165) is 6.07 Å². The van der Waals surface area contributed by atoms with Gasteiger partial charge in [0.1, 0.15) is 11.2 Å². The zero-order valence-electron chi connectivity index (χ0n) is 13.5. The number of fused-ring (bicyclic) bond motifs is 1. The fourth-order valence-electron chi connectivity index (χ4n) is 2.59. The van der Waals surface area contributed by atoms with Gasteiger partial charge in [0.05, 0.1) is 21.3 Å². The van der Waals surface area contributed by atoms with E-state index in [2.05, 4.69) is 10.3 Å². The number of Topliss-reactive ketones (excluding diaryl/α,β-unsaturated/α-hetero) is 1. The Hall–Kier alpha value is -3.88. The smallest absolute Gasteiger partial charge is 0.301 e. The highest BCUT2D eigenvalue weighted by Gasteiger charge is 2.26. The van der Waals surface area contributed by atoms with Gasteiger partial charge in [0.2, 0.25) is 0 Å². The lowest BCUT2D eigenvalue weighted by Gasteiger charge is -2.11. The maximum Gasteiger partial charge on any atom is 0.301 e. The van der Waals surface area contributed by atoms with Gasteiger partial charge in [-0.3, -0.25) is 30.0 Å². The lowest BCUT2D eigenvalue weighted by atomic mass is 10.1. The van der Waals surface area contributed by atoms with Crippen molar-refractivity contribution >= 4 is 39.4 Å². The number of carbonyl (C=O) groups is 1. The Bertz CT molecular complexity index is 1060. The predicted octanol–water partition coefficient (Wildman–Crippen LogP) is 4.00. The molecule has 0 aliphatic carbocycles. The van der Waals surface area contributed by atoms with Gasteiger partial charge in [0.15, 0.2) is 5.78 Å². The van der Waals surface area contributed by atoms with E-state index in [4.69, 9.17) is 0 Å². The molecule has 1 heterocycles. The van der Waals surface area contributed by atoms with Crippen LogP contribution in [-0.4, -0.2) is 20.6 Å². The summed E-state index contributed by atoms with van der Waals surface area (Å²) in [6, 6.07) is 10.3. The molecule has 1 aromatic heterocycles. The van der Waals surface area contributed by atoms with Crippen LogP contribution in [0, 0.1) is 20.2 Å². The lowest BCUT2D eigenvalue weighted by Crippen LogP contribution is -2.02. The summed E-state index contributed by atoms with van der Waals surface area (Å²) in [4.78, 5) is 37.0. The largest absolute Gasteiger partial charge is 0.348 e. The number of nitrogens with one attached hydrogen (secondary N) is 1. The van der Waals surface area contributed by atoms with E-state index >= 15 is 0 Å². The molecule has 0 saturated heterocycles. The van der Waals surface area contributed by atoms with E-state index < -0.39 is 21.2 Å². The second kappa shape index (κ2) is 6.55. The van der Waals surface area contributed by atoms with E-state index in [9.17, 15) is 25.0 Å². The second-order valence-electron chi connectivity index (χ2n) is 5.47. The number of carbonyl (C=O) groups excluding carboxylic acids is 1. The molecule has 26 heavy (non-hydrogen) atoms. The molecule has 3 aromatic rings. The average molecular weight is 352 g/mol. The number of anilines is 2. The van der Waals surface area contributed by atoms with Crippen LogP contribution in [0.1, 0.15) is 17.3 Å².